The summed E-state index contributed by atoms with van der Waals surface area (Å²) in [6.45, 7) is 10.8. The molecule has 0 radical (unpaired) electrons. The second kappa shape index (κ2) is 13.2. The molecule has 0 aliphatic carbocycles. The fourth-order valence-corrected chi connectivity index (χ4v) is 5.32. The number of amides is 1. The third kappa shape index (κ3) is 6.51. The van der Waals surface area contributed by atoms with Crippen molar-refractivity contribution < 1.29 is 32.5 Å². The number of hydrogen-bond acceptors (Lipinski definition) is 8. The molecule has 0 saturated carbocycles. The molecule has 1 saturated heterocycles. The van der Waals surface area contributed by atoms with Crippen LogP contribution in [0.2, 0.25) is 0 Å². The molecule has 0 N–H and O–H groups in total. The van der Waals surface area contributed by atoms with Gasteiger partial charge >= 0.3 is 0 Å². The normalized spacial score (nSPS) is 14.0. The van der Waals surface area contributed by atoms with Crippen LogP contribution in [0.3, 0.4) is 0 Å². The Balaban J connectivity index is 1.70. The first-order valence-electron chi connectivity index (χ1n) is 12.9. The van der Waals surface area contributed by atoms with Crippen molar-refractivity contribution in [3.05, 3.63) is 41.5 Å². The van der Waals surface area contributed by atoms with Crippen LogP contribution in [-0.2, 0) is 4.74 Å². The number of hydrogen-bond donors (Lipinski definition) is 0. The van der Waals surface area contributed by atoms with Crippen LogP contribution in [0.15, 0.2) is 24.3 Å². The molecule has 0 spiro atoms. The van der Waals surface area contributed by atoms with E-state index in [0.29, 0.717) is 78.6 Å². The number of ether oxygens (including phenoxy) is 4. The van der Waals surface area contributed by atoms with E-state index < -0.39 is 11.6 Å². The first-order valence-corrected chi connectivity index (χ1v) is 13.7. The van der Waals surface area contributed by atoms with Crippen molar-refractivity contribution in [1.82, 2.24) is 9.88 Å². The Morgan fingerprint density at radius 2 is 1.68 bits per heavy atom. The maximum atomic E-state index is 14.5. The minimum absolute atomic E-state index is 0.0362. The van der Waals surface area contributed by atoms with Crippen molar-refractivity contribution in [2.45, 2.75) is 27.2 Å². The van der Waals surface area contributed by atoms with Crippen LogP contribution in [0.25, 0.3) is 10.2 Å². The molecule has 1 amide bonds. The molecule has 2 aromatic carbocycles. The minimum Gasteiger partial charge on any atom is -0.490 e. The highest BCUT2D eigenvalue weighted by Gasteiger charge is 2.26. The lowest BCUT2D eigenvalue weighted by atomic mass is 10.1. The standard InChI is InChI=1S/C27H33F2N3O5S/c1-4-35-21-14-18(15-22(36-5-2)25(21)37-6-3)26(33)32(9-7-8-31-10-12-34-13-11-31)27-30-24-20(29)16-19(28)17-23(24)38-27/h14-17H,4-13H2,1-3H3. The lowest BCUT2D eigenvalue weighted by Crippen LogP contribution is -2.39. The summed E-state index contributed by atoms with van der Waals surface area (Å²) in [4.78, 5) is 22.2. The number of rotatable bonds is 12. The average molecular weight is 550 g/mol. The Morgan fingerprint density at radius 3 is 2.32 bits per heavy atom. The molecule has 8 nitrogen and oxygen atoms in total. The number of benzene rings is 2. The van der Waals surface area contributed by atoms with E-state index in [1.54, 1.807) is 12.1 Å². The number of nitrogens with zero attached hydrogens (tertiary/aromatic N) is 3. The van der Waals surface area contributed by atoms with E-state index in [2.05, 4.69) is 9.88 Å². The molecule has 2 heterocycles. The molecule has 206 valence electrons. The van der Waals surface area contributed by atoms with E-state index in [1.807, 2.05) is 20.8 Å². The van der Waals surface area contributed by atoms with E-state index in [4.69, 9.17) is 18.9 Å². The third-order valence-corrected chi connectivity index (χ3v) is 7.02. The molecule has 0 bridgehead atoms. The highest BCUT2D eigenvalue weighted by Crippen LogP contribution is 2.40. The van der Waals surface area contributed by atoms with Crippen molar-refractivity contribution in [3.8, 4) is 17.2 Å². The minimum atomic E-state index is -0.762. The number of halogens is 2. The molecular formula is C27H33F2N3O5S. The van der Waals surface area contributed by atoms with E-state index in [0.717, 1.165) is 37.0 Å². The van der Waals surface area contributed by atoms with Crippen LogP contribution in [0.1, 0.15) is 37.6 Å². The van der Waals surface area contributed by atoms with Crippen LogP contribution in [-0.4, -0.2) is 75.0 Å². The second-order valence-corrected chi connectivity index (χ2v) is 9.60. The van der Waals surface area contributed by atoms with Crippen LogP contribution in [0.4, 0.5) is 13.9 Å². The quantitative estimate of drug-likeness (QED) is 0.310. The fourth-order valence-electron chi connectivity index (χ4n) is 4.29. The van der Waals surface area contributed by atoms with Gasteiger partial charge in [-0.25, -0.2) is 13.8 Å². The number of carbonyl (C=O) groups is 1. The smallest absolute Gasteiger partial charge is 0.260 e. The number of thiazole rings is 1. The van der Waals surface area contributed by atoms with E-state index in [1.165, 1.54) is 11.0 Å². The highest BCUT2D eigenvalue weighted by molar-refractivity contribution is 7.22. The maximum absolute atomic E-state index is 14.5. The van der Waals surface area contributed by atoms with Crippen molar-refractivity contribution in [2.24, 2.45) is 0 Å². The molecular weight excluding hydrogens is 516 g/mol. The largest absolute Gasteiger partial charge is 0.490 e. The number of morpholine rings is 1. The Kier molecular flexibility index (Phi) is 9.70. The van der Waals surface area contributed by atoms with Gasteiger partial charge in [0.15, 0.2) is 22.4 Å². The van der Waals surface area contributed by atoms with Gasteiger partial charge in [0.1, 0.15) is 11.3 Å². The summed E-state index contributed by atoms with van der Waals surface area (Å²) in [5.74, 6) is -0.573. The summed E-state index contributed by atoms with van der Waals surface area (Å²) < 4.78 is 51.5. The van der Waals surface area contributed by atoms with Gasteiger partial charge in [-0.1, -0.05) is 11.3 Å². The van der Waals surface area contributed by atoms with Crippen molar-refractivity contribution in [2.75, 3.05) is 64.1 Å². The lowest BCUT2D eigenvalue weighted by molar-refractivity contribution is 0.0376. The Morgan fingerprint density at radius 1 is 1.03 bits per heavy atom. The average Bonchev–Trinajstić information content (AvgIpc) is 3.33. The Labute approximate surface area is 225 Å². The highest BCUT2D eigenvalue weighted by atomic mass is 32.1. The summed E-state index contributed by atoms with van der Waals surface area (Å²) in [6, 6.07) is 5.28. The van der Waals surface area contributed by atoms with Gasteiger partial charge in [0, 0.05) is 37.8 Å². The zero-order valence-corrected chi connectivity index (χ0v) is 22.7. The van der Waals surface area contributed by atoms with Crippen molar-refractivity contribution >= 4 is 32.6 Å². The Bertz CT molecular complexity index is 1220. The first-order chi connectivity index (χ1) is 18.4. The summed E-state index contributed by atoms with van der Waals surface area (Å²) in [5, 5.41) is 0.293. The molecule has 4 rings (SSSR count). The lowest BCUT2D eigenvalue weighted by Gasteiger charge is -2.28. The summed E-state index contributed by atoms with van der Waals surface area (Å²) in [7, 11) is 0. The first kappa shape index (κ1) is 28.0. The van der Waals surface area contributed by atoms with Crippen molar-refractivity contribution in [1.29, 1.82) is 0 Å². The summed E-state index contributed by atoms with van der Waals surface area (Å²) in [6.07, 6.45) is 0.659. The SMILES string of the molecule is CCOc1cc(C(=O)N(CCCN2CCOCC2)c2nc3c(F)cc(F)cc3s2)cc(OCC)c1OCC. The number of fused-ring (bicyclic) bond motifs is 1. The van der Waals surface area contributed by atoms with Gasteiger partial charge in [-0.05, 0) is 45.4 Å². The van der Waals surface area contributed by atoms with Gasteiger partial charge in [0.25, 0.3) is 5.91 Å². The van der Waals surface area contributed by atoms with Crippen LogP contribution < -0.4 is 19.1 Å². The fraction of sp³-hybridized carbons (Fsp3) is 0.481. The molecule has 1 aliphatic rings. The summed E-state index contributed by atoms with van der Waals surface area (Å²) in [5.41, 5.74) is 0.353. The molecule has 1 aliphatic heterocycles. The molecule has 3 aromatic rings. The predicted octanol–water partition coefficient (Wildman–Crippen LogP) is 5.14. The zero-order valence-electron chi connectivity index (χ0n) is 21.9. The molecule has 0 atom stereocenters. The molecule has 0 unspecified atom stereocenters. The van der Waals surface area contributed by atoms with Crippen LogP contribution >= 0.6 is 11.3 Å². The number of aromatic nitrogens is 1. The summed E-state index contributed by atoms with van der Waals surface area (Å²) >= 11 is 1.08. The van der Waals surface area contributed by atoms with Gasteiger partial charge in [-0.15, -0.1) is 0 Å². The van der Waals surface area contributed by atoms with Crippen LogP contribution in [0, 0.1) is 11.6 Å². The van der Waals surface area contributed by atoms with Crippen LogP contribution in [0.5, 0.6) is 17.2 Å². The van der Waals surface area contributed by atoms with Gasteiger partial charge in [0.05, 0.1) is 37.7 Å². The predicted molar refractivity (Wildman–Crippen MR) is 143 cm³/mol. The monoisotopic (exact) mass is 549 g/mol. The van der Waals surface area contributed by atoms with E-state index in [9.17, 15) is 13.6 Å². The van der Waals surface area contributed by atoms with Gasteiger partial charge < -0.3 is 18.9 Å². The second-order valence-electron chi connectivity index (χ2n) is 8.60. The molecule has 11 heteroatoms. The molecule has 38 heavy (non-hydrogen) atoms. The topological polar surface area (TPSA) is 73.4 Å². The van der Waals surface area contributed by atoms with Gasteiger partial charge in [0.2, 0.25) is 5.75 Å². The molecule has 1 fully saturated rings. The number of carbonyl (C=O) groups excluding carboxylic acids is 1. The van der Waals surface area contributed by atoms with E-state index >= 15 is 0 Å². The number of anilines is 1. The molecule has 1 aromatic heterocycles. The zero-order chi connectivity index (χ0) is 27.1. The van der Waals surface area contributed by atoms with Crippen molar-refractivity contribution in [3.63, 3.8) is 0 Å². The van der Waals surface area contributed by atoms with Gasteiger partial charge in [-0.3, -0.25) is 14.6 Å². The van der Waals surface area contributed by atoms with E-state index in [-0.39, 0.29) is 11.4 Å². The maximum Gasteiger partial charge on any atom is 0.260 e. The third-order valence-electron chi connectivity index (χ3n) is 5.99. The Hall–Kier alpha value is -3.02. The van der Waals surface area contributed by atoms with Gasteiger partial charge in [-0.2, -0.15) is 0 Å².